The van der Waals surface area contributed by atoms with E-state index in [0.717, 1.165) is 83.5 Å². The van der Waals surface area contributed by atoms with E-state index in [0.29, 0.717) is 64.2 Å². The Morgan fingerprint density at radius 3 is 0.679 bits per heavy atom. The number of ether oxygens (including phenoxy) is 3. The van der Waals surface area contributed by atoms with Crippen molar-refractivity contribution in [3.63, 3.8) is 0 Å². The van der Waals surface area contributed by atoms with Crippen LogP contribution in [0, 0.1) is 5.41 Å². The number of rotatable bonds is 28. The van der Waals surface area contributed by atoms with Crippen molar-refractivity contribution in [1.29, 1.82) is 0 Å². The Balaban J connectivity index is 0.902. The summed E-state index contributed by atoms with van der Waals surface area (Å²) in [5, 5.41) is 34.7. The molecule has 0 aromatic heterocycles. The number of carbonyl (C=O) groups excluding carboxylic acids is 3. The topological polar surface area (TPSA) is 140 Å². The van der Waals surface area contributed by atoms with Gasteiger partial charge in [-0.15, -0.1) is 0 Å². The number of esters is 3. The number of aryl methyl sites for hydroxylation is 3. The minimum atomic E-state index is -1.08. The van der Waals surface area contributed by atoms with E-state index in [1.165, 1.54) is 0 Å². The number of benzene rings is 9. The molecule has 0 spiro atoms. The molecule has 0 radical (unpaired) electrons. The van der Waals surface area contributed by atoms with Gasteiger partial charge in [0.1, 0.15) is 37.1 Å². The third-order valence-corrected chi connectivity index (χ3v) is 15.6. The minimum absolute atomic E-state index is 0.0377. The summed E-state index contributed by atoms with van der Waals surface area (Å²) in [7, 11) is 0. The summed E-state index contributed by atoms with van der Waals surface area (Å²) in [5.41, 5.74) is 12.5. The second kappa shape index (κ2) is 29.7. The van der Waals surface area contributed by atoms with Gasteiger partial charge in [0.05, 0.1) is 5.41 Å². The van der Waals surface area contributed by atoms with Crippen LogP contribution in [-0.2, 0) is 86.4 Å². The van der Waals surface area contributed by atoms with Crippen molar-refractivity contribution in [2.24, 2.45) is 5.41 Å². The van der Waals surface area contributed by atoms with Crippen molar-refractivity contribution in [2.75, 3.05) is 19.8 Å². The zero-order valence-corrected chi connectivity index (χ0v) is 47.9. The average Bonchev–Trinajstić information content (AvgIpc) is 3.63. The summed E-state index contributed by atoms with van der Waals surface area (Å²) in [5.74, 6) is -0.706. The molecular weight excluding hydrogens is 1040 g/mol. The van der Waals surface area contributed by atoms with E-state index in [1.54, 1.807) is 0 Å². The molecule has 0 aliphatic carbocycles. The van der Waals surface area contributed by atoms with Crippen LogP contribution in [0.2, 0.25) is 0 Å². The lowest BCUT2D eigenvalue weighted by Gasteiger charge is -2.31. The molecule has 9 rings (SSSR count). The summed E-state index contributed by atoms with van der Waals surface area (Å²) < 4.78 is 18.2. The number of hydrogen-bond donors (Lipinski definition) is 3. The molecule has 0 fully saturated rings. The molecule has 9 nitrogen and oxygen atoms in total. The van der Waals surface area contributed by atoms with Gasteiger partial charge in [0.15, 0.2) is 0 Å². The number of phenols is 3. The van der Waals surface area contributed by atoms with Crippen LogP contribution in [0.15, 0.2) is 218 Å². The molecule has 0 bridgehead atoms. The lowest BCUT2D eigenvalue weighted by molar-refractivity contribution is -0.162. The largest absolute Gasteiger partial charge is 0.507 e. The zero-order valence-electron chi connectivity index (χ0n) is 47.9. The predicted octanol–water partition coefficient (Wildman–Crippen LogP) is 14.6. The fourth-order valence-electron chi connectivity index (χ4n) is 10.7. The van der Waals surface area contributed by atoms with Crippen LogP contribution in [0.3, 0.4) is 0 Å². The van der Waals surface area contributed by atoms with Crippen LogP contribution >= 0.6 is 0 Å². The number of carbonyl (C=O) groups is 3. The molecule has 0 amide bonds. The van der Waals surface area contributed by atoms with Crippen molar-refractivity contribution >= 4 is 17.9 Å². The molecule has 84 heavy (non-hydrogen) atoms. The van der Waals surface area contributed by atoms with E-state index >= 15 is 0 Å². The summed E-state index contributed by atoms with van der Waals surface area (Å²) in [6, 6.07) is 71.5. The molecule has 0 atom stereocenters. The first-order chi connectivity index (χ1) is 41.0. The van der Waals surface area contributed by atoms with Crippen molar-refractivity contribution in [3.05, 3.63) is 302 Å². The van der Waals surface area contributed by atoms with Gasteiger partial charge >= 0.3 is 17.9 Å². The molecule has 0 unspecified atom stereocenters. The van der Waals surface area contributed by atoms with Gasteiger partial charge in [-0.3, -0.25) is 14.4 Å². The molecular formula is C75H74O9. The number of aromatic hydroxyl groups is 3. The molecule has 0 saturated carbocycles. The first-order valence-corrected chi connectivity index (χ1v) is 29.2. The smallest absolute Gasteiger partial charge is 0.306 e. The highest BCUT2D eigenvalue weighted by atomic mass is 16.6. The van der Waals surface area contributed by atoms with Crippen molar-refractivity contribution in [3.8, 4) is 17.2 Å². The maximum atomic E-state index is 13.9. The third-order valence-electron chi connectivity index (χ3n) is 15.6. The quantitative estimate of drug-likeness (QED) is 0.0323. The first-order valence-electron chi connectivity index (χ1n) is 29.2. The Morgan fingerprint density at radius 2 is 0.500 bits per heavy atom. The number of phenolic OH excluding ortho intramolecular Hbond substituents is 3. The summed E-state index contributed by atoms with van der Waals surface area (Å²) >= 11 is 0. The van der Waals surface area contributed by atoms with E-state index in [-0.39, 0.29) is 56.3 Å². The fourth-order valence-corrected chi connectivity index (χ4v) is 10.7. The Morgan fingerprint density at radius 1 is 0.310 bits per heavy atom. The van der Waals surface area contributed by atoms with Crippen molar-refractivity contribution in [2.45, 2.75) is 90.4 Å². The highest BCUT2D eigenvalue weighted by Gasteiger charge is 2.34. The Bertz CT molecular complexity index is 3010. The minimum Gasteiger partial charge on any atom is -0.507 e. The molecule has 0 heterocycles. The normalized spacial score (nSPS) is 11.2. The van der Waals surface area contributed by atoms with Gasteiger partial charge in [-0.05, 0) is 109 Å². The molecule has 3 N–H and O–H groups in total. The van der Waals surface area contributed by atoms with Gasteiger partial charge in [-0.25, -0.2) is 0 Å². The zero-order chi connectivity index (χ0) is 58.5. The standard InChI is InChI=1S/C75H74O9/c1-2-75(51-82-69(76)36-33-60-45-63(39-54-21-9-3-10-22-54)72(79)64(46-60)40-55-23-11-4-12-24-55,52-83-70(77)37-34-61-47-65(41-56-25-13-5-14-26-56)73(80)66(48-61)42-57-27-15-6-16-28-57)53-84-71(78)38-35-62-49-67(43-58-29-17-7-18-30-58)74(81)68(50-62)44-59-31-19-8-20-32-59/h3-32,45-50,79-81H,2,33-44,51-53H2,1H3. The second-order valence-electron chi connectivity index (χ2n) is 22.1. The third kappa shape index (κ3) is 17.4. The lowest BCUT2D eigenvalue weighted by Crippen LogP contribution is -2.39. The van der Waals surface area contributed by atoms with E-state index in [2.05, 4.69) is 0 Å². The van der Waals surface area contributed by atoms with Crippen molar-refractivity contribution < 1.29 is 43.9 Å². The van der Waals surface area contributed by atoms with Crippen LogP contribution < -0.4 is 0 Å². The second-order valence-corrected chi connectivity index (χ2v) is 22.1. The molecule has 9 heteroatoms. The monoisotopic (exact) mass is 1120 g/mol. The Kier molecular flexibility index (Phi) is 21.0. The maximum absolute atomic E-state index is 13.9. The van der Waals surface area contributed by atoms with Gasteiger partial charge in [0.25, 0.3) is 0 Å². The highest BCUT2D eigenvalue weighted by Crippen LogP contribution is 2.34. The fraction of sp³-hybridized carbons (Fsp3) is 0.240. The molecule has 0 saturated heterocycles. The summed E-state index contributed by atoms with van der Waals surface area (Å²) in [6.07, 6.45) is 4.60. The predicted molar refractivity (Wildman–Crippen MR) is 330 cm³/mol. The van der Waals surface area contributed by atoms with E-state index in [9.17, 15) is 29.7 Å². The molecule has 9 aromatic rings. The SMILES string of the molecule is CCC(COC(=O)CCc1cc(Cc2ccccc2)c(O)c(Cc2ccccc2)c1)(COC(=O)CCc1cc(Cc2ccccc2)c(O)c(Cc2ccccc2)c1)COC(=O)CCc1cc(Cc2ccccc2)c(O)c(Cc2ccccc2)c1. The van der Waals surface area contributed by atoms with Gasteiger partial charge in [-0.2, -0.15) is 0 Å². The maximum Gasteiger partial charge on any atom is 0.306 e. The summed E-state index contributed by atoms with van der Waals surface area (Å²) in [6.45, 7) is 1.37. The van der Waals surface area contributed by atoms with E-state index in [4.69, 9.17) is 14.2 Å². The first kappa shape index (κ1) is 59.4. The Hall–Kier alpha value is -9.21. The molecule has 428 valence electrons. The van der Waals surface area contributed by atoms with E-state index < -0.39 is 23.3 Å². The van der Waals surface area contributed by atoms with Gasteiger partial charge in [0.2, 0.25) is 0 Å². The van der Waals surface area contributed by atoms with Gasteiger partial charge in [0, 0.05) is 57.8 Å². The van der Waals surface area contributed by atoms with Crippen LogP contribution in [-0.4, -0.2) is 53.0 Å². The summed E-state index contributed by atoms with van der Waals surface area (Å²) in [4.78, 5) is 41.7. The lowest BCUT2D eigenvalue weighted by atomic mass is 9.88. The van der Waals surface area contributed by atoms with Crippen molar-refractivity contribution in [1.82, 2.24) is 0 Å². The highest BCUT2D eigenvalue weighted by molar-refractivity contribution is 5.71. The van der Waals surface area contributed by atoms with Crippen LogP contribution in [0.1, 0.15) is 116 Å². The van der Waals surface area contributed by atoms with Crippen LogP contribution in [0.5, 0.6) is 17.2 Å². The number of hydrogen-bond acceptors (Lipinski definition) is 9. The van der Waals surface area contributed by atoms with Crippen LogP contribution in [0.4, 0.5) is 0 Å². The average molecular weight is 1120 g/mol. The van der Waals surface area contributed by atoms with E-state index in [1.807, 2.05) is 225 Å². The van der Waals surface area contributed by atoms with Gasteiger partial charge in [-0.1, -0.05) is 225 Å². The molecule has 0 aliphatic heterocycles. The van der Waals surface area contributed by atoms with Crippen LogP contribution in [0.25, 0.3) is 0 Å². The Labute approximate surface area is 494 Å². The molecule has 0 aliphatic rings. The van der Waals surface area contributed by atoms with Gasteiger partial charge < -0.3 is 29.5 Å². The molecule has 9 aromatic carbocycles.